The van der Waals surface area contributed by atoms with Gasteiger partial charge in [0.1, 0.15) is 5.60 Å². The fraction of sp³-hybridized carbons (Fsp3) is 0.944. The first kappa shape index (κ1) is 21.4. The Labute approximate surface area is 158 Å². The van der Waals surface area contributed by atoms with Gasteiger partial charge in [0.05, 0.1) is 0 Å². The van der Waals surface area contributed by atoms with Crippen LogP contribution in [0.3, 0.4) is 0 Å². The van der Waals surface area contributed by atoms with Gasteiger partial charge in [0, 0.05) is 32.2 Å². The predicted molar refractivity (Wildman–Crippen MR) is 102 cm³/mol. The van der Waals surface area contributed by atoms with E-state index < -0.39 is 15.8 Å². The molecule has 0 atom stereocenters. The highest BCUT2D eigenvalue weighted by atomic mass is 32.2. The average Bonchev–Trinajstić information content (AvgIpc) is 3.37. The summed E-state index contributed by atoms with van der Waals surface area (Å²) in [5, 5.41) is 0. The van der Waals surface area contributed by atoms with Gasteiger partial charge < -0.3 is 9.64 Å². The number of nitrogens with one attached hydrogen (secondary N) is 1. The molecule has 0 bridgehead atoms. The number of carbonyl (C=O) groups excluding carboxylic acids is 1. The quantitative estimate of drug-likeness (QED) is 0.648. The molecule has 8 heteroatoms. The summed E-state index contributed by atoms with van der Waals surface area (Å²) in [6.45, 7) is 6.39. The van der Waals surface area contributed by atoms with Crippen molar-refractivity contribution >= 4 is 16.3 Å². The zero-order valence-corrected chi connectivity index (χ0v) is 17.5. The van der Waals surface area contributed by atoms with Crippen LogP contribution in [0.15, 0.2) is 0 Å². The molecular weight excluding hydrogens is 354 g/mol. The second-order valence-electron chi connectivity index (χ2n) is 8.47. The maximum atomic E-state index is 12.5. The Bertz CT molecular complexity index is 563. The van der Waals surface area contributed by atoms with Crippen molar-refractivity contribution in [2.24, 2.45) is 0 Å². The summed E-state index contributed by atoms with van der Waals surface area (Å²) in [4.78, 5) is 14.0. The van der Waals surface area contributed by atoms with Crippen LogP contribution in [0.1, 0.15) is 72.1 Å². The molecule has 1 N–H and O–H groups in total. The highest BCUT2D eigenvalue weighted by molar-refractivity contribution is 7.87. The van der Waals surface area contributed by atoms with Crippen LogP contribution in [0, 0.1) is 0 Å². The SMILES string of the molecule is CN(C1CCCCC1)S(=O)(=O)NCCCN(C(=O)OC(C)(C)C)C1CC1. The normalized spacial score (nSPS) is 19.6. The Kier molecular flexibility index (Phi) is 7.33. The van der Waals surface area contributed by atoms with Gasteiger partial charge in [-0.15, -0.1) is 0 Å². The topological polar surface area (TPSA) is 79.0 Å². The zero-order valence-electron chi connectivity index (χ0n) is 16.7. The summed E-state index contributed by atoms with van der Waals surface area (Å²) in [5.41, 5.74) is -0.519. The van der Waals surface area contributed by atoms with Gasteiger partial charge in [0.2, 0.25) is 0 Å². The summed E-state index contributed by atoms with van der Waals surface area (Å²) in [5.74, 6) is 0. The molecular formula is C18H35N3O4S. The third kappa shape index (κ3) is 6.70. The minimum Gasteiger partial charge on any atom is -0.444 e. The van der Waals surface area contributed by atoms with Gasteiger partial charge in [0.25, 0.3) is 10.2 Å². The number of carbonyl (C=O) groups is 1. The molecule has 152 valence electrons. The molecule has 0 aromatic heterocycles. The molecule has 0 spiro atoms. The zero-order chi connectivity index (χ0) is 19.4. The number of amides is 1. The third-order valence-corrected chi connectivity index (χ3v) is 6.57. The first-order valence-corrected chi connectivity index (χ1v) is 11.3. The Hall–Kier alpha value is -0.860. The second kappa shape index (κ2) is 8.89. The molecule has 2 saturated carbocycles. The Morgan fingerprint density at radius 3 is 2.23 bits per heavy atom. The number of hydrogen-bond acceptors (Lipinski definition) is 4. The van der Waals surface area contributed by atoms with E-state index in [1.54, 1.807) is 11.9 Å². The molecule has 0 saturated heterocycles. The van der Waals surface area contributed by atoms with E-state index in [0.717, 1.165) is 38.5 Å². The summed E-state index contributed by atoms with van der Waals surface area (Å²) >= 11 is 0. The molecule has 7 nitrogen and oxygen atoms in total. The molecule has 0 aromatic carbocycles. The van der Waals surface area contributed by atoms with E-state index in [0.29, 0.717) is 19.5 Å². The standard InChI is InChI=1S/C18H35N3O4S/c1-18(2,3)25-17(22)21(16-11-12-16)14-8-13-19-26(23,24)20(4)15-9-6-5-7-10-15/h15-16,19H,5-14H2,1-4H3. The Morgan fingerprint density at radius 2 is 1.69 bits per heavy atom. The lowest BCUT2D eigenvalue weighted by Gasteiger charge is -2.30. The number of nitrogens with zero attached hydrogens (tertiary/aromatic N) is 2. The largest absolute Gasteiger partial charge is 0.444 e. The van der Waals surface area contributed by atoms with Crippen molar-refractivity contribution in [2.75, 3.05) is 20.1 Å². The molecule has 2 aliphatic carbocycles. The fourth-order valence-corrected chi connectivity index (χ4v) is 4.53. The average molecular weight is 390 g/mol. The number of rotatable bonds is 8. The first-order chi connectivity index (χ1) is 12.1. The monoisotopic (exact) mass is 389 g/mol. The minimum absolute atomic E-state index is 0.103. The van der Waals surface area contributed by atoms with E-state index in [1.807, 2.05) is 20.8 Å². The van der Waals surface area contributed by atoms with Gasteiger partial charge >= 0.3 is 6.09 Å². The van der Waals surface area contributed by atoms with Gasteiger partial charge in [-0.05, 0) is 52.9 Å². The van der Waals surface area contributed by atoms with E-state index in [2.05, 4.69) is 4.72 Å². The van der Waals surface area contributed by atoms with Crippen LogP contribution in [0.25, 0.3) is 0 Å². The van der Waals surface area contributed by atoms with Crippen LogP contribution in [0.5, 0.6) is 0 Å². The van der Waals surface area contributed by atoms with Crippen molar-refractivity contribution in [3.63, 3.8) is 0 Å². The molecule has 0 aliphatic heterocycles. The van der Waals surface area contributed by atoms with Crippen LogP contribution in [0.2, 0.25) is 0 Å². The summed E-state index contributed by atoms with van der Waals surface area (Å²) in [7, 11) is -1.80. The maximum Gasteiger partial charge on any atom is 0.410 e. The van der Waals surface area contributed by atoms with E-state index in [1.165, 1.54) is 10.7 Å². The van der Waals surface area contributed by atoms with Crippen molar-refractivity contribution < 1.29 is 17.9 Å². The van der Waals surface area contributed by atoms with Crippen LogP contribution in [-0.4, -0.2) is 61.5 Å². The van der Waals surface area contributed by atoms with Crippen molar-refractivity contribution in [3.05, 3.63) is 0 Å². The van der Waals surface area contributed by atoms with Gasteiger partial charge in [-0.1, -0.05) is 19.3 Å². The fourth-order valence-electron chi connectivity index (χ4n) is 3.32. The lowest BCUT2D eigenvalue weighted by molar-refractivity contribution is 0.0232. The van der Waals surface area contributed by atoms with Crippen molar-refractivity contribution in [2.45, 2.75) is 89.8 Å². The Balaban J connectivity index is 1.77. The van der Waals surface area contributed by atoms with Crippen molar-refractivity contribution in [1.29, 1.82) is 0 Å². The molecule has 2 rings (SSSR count). The predicted octanol–water partition coefficient (Wildman–Crippen LogP) is 2.87. The van der Waals surface area contributed by atoms with E-state index >= 15 is 0 Å². The minimum atomic E-state index is -3.46. The van der Waals surface area contributed by atoms with Gasteiger partial charge in [-0.2, -0.15) is 12.7 Å². The summed E-state index contributed by atoms with van der Waals surface area (Å²) in [6.07, 6.45) is 7.52. The lowest BCUT2D eigenvalue weighted by Crippen LogP contribution is -2.45. The summed E-state index contributed by atoms with van der Waals surface area (Å²) in [6, 6.07) is 0.345. The summed E-state index contributed by atoms with van der Waals surface area (Å²) < 4.78 is 34.5. The van der Waals surface area contributed by atoms with Crippen LogP contribution >= 0.6 is 0 Å². The number of hydrogen-bond donors (Lipinski definition) is 1. The molecule has 1 amide bonds. The third-order valence-electron chi connectivity index (χ3n) is 4.94. The van der Waals surface area contributed by atoms with Crippen LogP contribution < -0.4 is 4.72 Å². The van der Waals surface area contributed by atoms with Gasteiger partial charge in [-0.3, -0.25) is 0 Å². The van der Waals surface area contributed by atoms with Gasteiger partial charge in [-0.25, -0.2) is 9.52 Å². The van der Waals surface area contributed by atoms with E-state index in [-0.39, 0.29) is 18.2 Å². The van der Waals surface area contributed by atoms with E-state index in [9.17, 15) is 13.2 Å². The molecule has 0 radical (unpaired) electrons. The lowest BCUT2D eigenvalue weighted by atomic mass is 9.96. The smallest absolute Gasteiger partial charge is 0.410 e. The molecule has 2 fully saturated rings. The number of ether oxygens (including phenoxy) is 1. The molecule has 0 aromatic rings. The maximum absolute atomic E-state index is 12.5. The van der Waals surface area contributed by atoms with Gasteiger partial charge in [0.15, 0.2) is 0 Å². The highest BCUT2D eigenvalue weighted by Gasteiger charge is 2.35. The van der Waals surface area contributed by atoms with Crippen molar-refractivity contribution in [3.8, 4) is 0 Å². The van der Waals surface area contributed by atoms with Crippen molar-refractivity contribution in [1.82, 2.24) is 13.9 Å². The molecule has 2 aliphatic rings. The van der Waals surface area contributed by atoms with E-state index in [4.69, 9.17) is 4.74 Å². The second-order valence-corrected chi connectivity index (χ2v) is 10.3. The molecule has 0 unspecified atom stereocenters. The first-order valence-electron chi connectivity index (χ1n) is 9.82. The molecule has 0 heterocycles. The molecule has 26 heavy (non-hydrogen) atoms. The highest BCUT2D eigenvalue weighted by Crippen LogP contribution is 2.28. The Morgan fingerprint density at radius 1 is 1.08 bits per heavy atom. The van der Waals surface area contributed by atoms with Crippen LogP contribution in [-0.2, 0) is 14.9 Å². The van der Waals surface area contributed by atoms with Crippen LogP contribution in [0.4, 0.5) is 4.79 Å².